The molecule has 0 unspecified atom stereocenters. The quantitative estimate of drug-likeness (QED) is 0.162. The highest BCUT2D eigenvalue weighted by molar-refractivity contribution is 6.13. The number of nitrogens with zero attached hydrogens (tertiary/aromatic N) is 1. The highest BCUT2D eigenvalue weighted by Crippen LogP contribution is 2.45. The van der Waals surface area contributed by atoms with Crippen LogP contribution in [0.3, 0.4) is 0 Å². The zero-order valence-corrected chi connectivity index (χ0v) is 31.7. The first kappa shape index (κ1) is 33.6. The van der Waals surface area contributed by atoms with E-state index in [1.165, 1.54) is 60.5 Å². The monoisotopic (exact) mass is 739 g/mol. The smallest absolute Gasteiger partial charge is 0.137 e. The van der Waals surface area contributed by atoms with Crippen molar-refractivity contribution in [1.29, 1.82) is 0 Å². The molecule has 0 saturated heterocycles. The molecule has 0 saturated carbocycles. The number of furan rings is 1. The fourth-order valence-electron chi connectivity index (χ4n) is 8.72. The Hall–Kier alpha value is -7.68. The van der Waals surface area contributed by atoms with Gasteiger partial charge in [0.25, 0.3) is 0 Å². The minimum absolute atomic E-state index is 0.868. The van der Waals surface area contributed by atoms with Crippen LogP contribution in [0, 0.1) is 0 Å². The van der Waals surface area contributed by atoms with Crippen LogP contribution in [0.2, 0.25) is 0 Å². The molecule has 11 aromatic rings. The summed E-state index contributed by atoms with van der Waals surface area (Å²) in [5.41, 5.74) is 14.6. The fourth-order valence-corrected chi connectivity index (χ4v) is 8.72. The Balaban J connectivity index is 1.04. The summed E-state index contributed by atoms with van der Waals surface area (Å²) >= 11 is 0. The number of hydrogen-bond acceptors (Lipinski definition) is 2. The molecule has 2 heteroatoms. The number of para-hydroxylation sites is 1. The van der Waals surface area contributed by atoms with E-state index in [4.69, 9.17) is 4.42 Å². The van der Waals surface area contributed by atoms with Crippen LogP contribution in [0.4, 0.5) is 17.1 Å². The number of hydrogen-bond donors (Lipinski definition) is 0. The van der Waals surface area contributed by atoms with Crippen molar-refractivity contribution in [3.8, 4) is 44.5 Å². The molecule has 1 aromatic heterocycles. The lowest BCUT2D eigenvalue weighted by Gasteiger charge is -2.27. The molecule has 0 atom stereocenters. The second kappa shape index (κ2) is 14.1. The van der Waals surface area contributed by atoms with Crippen molar-refractivity contribution in [1.82, 2.24) is 0 Å². The van der Waals surface area contributed by atoms with Gasteiger partial charge < -0.3 is 9.32 Å². The fraction of sp³-hybridized carbons (Fsp3) is 0. The maximum Gasteiger partial charge on any atom is 0.137 e. The summed E-state index contributed by atoms with van der Waals surface area (Å²) in [6.07, 6.45) is 0. The van der Waals surface area contributed by atoms with E-state index in [0.717, 1.165) is 44.6 Å². The molecular weight excluding hydrogens is 703 g/mol. The third-order valence-corrected chi connectivity index (χ3v) is 11.5. The average molecular weight is 740 g/mol. The van der Waals surface area contributed by atoms with E-state index in [2.05, 4.69) is 217 Å². The largest absolute Gasteiger partial charge is 0.456 e. The van der Waals surface area contributed by atoms with Crippen molar-refractivity contribution in [3.05, 3.63) is 224 Å². The van der Waals surface area contributed by atoms with Gasteiger partial charge in [-0.25, -0.2) is 0 Å². The van der Waals surface area contributed by atoms with Gasteiger partial charge in [0, 0.05) is 16.8 Å². The van der Waals surface area contributed by atoms with Crippen LogP contribution >= 0.6 is 0 Å². The predicted molar refractivity (Wildman–Crippen MR) is 245 cm³/mol. The van der Waals surface area contributed by atoms with Crippen LogP contribution in [0.25, 0.3) is 88.0 Å². The zero-order valence-electron chi connectivity index (χ0n) is 31.7. The minimum Gasteiger partial charge on any atom is -0.456 e. The van der Waals surface area contributed by atoms with Crippen molar-refractivity contribution in [2.75, 3.05) is 4.90 Å². The zero-order chi connectivity index (χ0) is 38.4. The van der Waals surface area contributed by atoms with Crippen LogP contribution in [0.1, 0.15) is 0 Å². The van der Waals surface area contributed by atoms with Gasteiger partial charge in [-0.05, 0) is 115 Å². The SMILES string of the molecule is c1ccc(-c2cc(-c3ccc(N(c4ccc(-c5cccc6ccccc56)cc4)c4cccc5oc6ccccc6c45)cc3)ccc2-c2cccc3ccccc23)cc1. The summed E-state index contributed by atoms with van der Waals surface area (Å²) in [4.78, 5) is 2.36. The maximum atomic E-state index is 6.40. The summed E-state index contributed by atoms with van der Waals surface area (Å²) in [5.74, 6) is 0. The Kier molecular flexibility index (Phi) is 8.19. The molecule has 0 radical (unpaired) electrons. The molecule has 0 amide bonds. The lowest BCUT2D eigenvalue weighted by atomic mass is 9.89. The summed E-state index contributed by atoms with van der Waals surface area (Å²) < 4.78 is 6.40. The van der Waals surface area contributed by atoms with Crippen LogP contribution in [0.15, 0.2) is 229 Å². The third kappa shape index (κ3) is 5.82. The van der Waals surface area contributed by atoms with Crippen molar-refractivity contribution in [2.24, 2.45) is 0 Å². The number of rotatable bonds is 7. The normalized spacial score (nSPS) is 11.4. The van der Waals surface area contributed by atoms with E-state index in [0.29, 0.717) is 0 Å². The van der Waals surface area contributed by atoms with Crippen molar-refractivity contribution in [3.63, 3.8) is 0 Å². The molecule has 58 heavy (non-hydrogen) atoms. The first-order chi connectivity index (χ1) is 28.8. The van der Waals surface area contributed by atoms with Gasteiger partial charge in [-0.15, -0.1) is 0 Å². The highest BCUT2D eigenvalue weighted by Gasteiger charge is 2.20. The molecule has 0 aliphatic heterocycles. The standard InChI is InChI=1S/C56H37NO/c1-2-13-41(14-3-1)52-37-43(31-36-50(52)49-23-11-18-40-16-5-7-20-48(40)49)38-27-32-44(33-28-38)57(53-24-12-26-55-56(53)51-21-8-9-25-54(51)58-55)45-34-29-42(30-35-45)47-22-10-17-39-15-4-6-19-46(39)47/h1-37H. The molecule has 272 valence electrons. The average Bonchev–Trinajstić information content (AvgIpc) is 3.69. The van der Waals surface area contributed by atoms with E-state index < -0.39 is 0 Å². The van der Waals surface area contributed by atoms with Gasteiger partial charge in [0.05, 0.1) is 11.1 Å². The van der Waals surface area contributed by atoms with Crippen LogP contribution < -0.4 is 4.90 Å². The first-order valence-corrected chi connectivity index (χ1v) is 19.8. The molecule has 2 nitrogen and oxygen atoms in total. The molecule has 1 heterocycles. The summed E-state index contributed by atoms with van der Waals surface area (Å²) in [6, 6.07) is 80.7. The molecule has 11 rings (SSSR count). The maximum absolute atomic E-state index is 6.40. The molecule has 0 aliphatic carbocycles. The molecular formula is C56H37NO. The predicted octanol–water partition coefficient (Wildman–Crippen LogP) is 16.0. The number of fused-ring (bicyclic) bond motifs is 5. The van der Waals surface area contributed by atoms with Gasteiger partial charge in [0.15, 0.2) is 0 Å². The van der Waals surface area contributed by atoms with Gasteiger partial charge in [0.1, 0.15) is 11.2 Å². The Morgan fingerprint density at radius 1 is 0.293 bits per heavy atom. The van der Waals surface area contributed by atoms with E-state index >= 15 is 0 Å². The van der Waals surface area contributed by atoms with E-state index in [9.17, 15) is 0 Å². The Labute approximate surface area is 337 Å². The van der Waals surface area contributed by atoms with E-state index in [-0.39, 0.29) is 0 Å². The highest BCUT2D eigenvalue weighted by atomic mass is 16.3. The second-order valence-corrected chi connectivity index (χ2v) is 14.9. The number of benzene rings is 10. The third-order valence-electron chi connectivity index (χ3n) is 11.5. The molecule has 0 N–H and O–H groups in total. The van der Waals surface area contributed by atoms with E-state index in [1.54, 1.807) is 0 Å². The van der Waals surface area contributed by atoms with Crippen LogP contribution in [-0.2, 0) is 0 Å². The molecule has 0 aliphatic rings. The Morgan fingerprint density at radius 2 is 0.810 bits per heavy atom. The van der Waals surface area contributed by atoms with Crippen molar-refractivity contribution >= 4 is 60.5 Å². The van der Waals surface area contributed by atoms with Gasteiger partial charge >= 0.3 is 0 Å². The van der Waals surface area contributed by atoms with Crippen LogP contribution in [0.5, 0.6) is 0 Å². The molecule has 0 bridgehead atoms. The van der Waals surface area contributed by atoms with Gasteiger partial charge in [-0.3, -0.25) is 0 Å². The van der Waals surface area contributed by atoms with E-state index in [1.807, 2.05) is 12.1 Å². The molecule has 0 spiro atoms. The summed E-state index contributed by atoms with van der Waals surface area (Å²) in [7, 11) is 0. The molecule has 0 fully saturated rings. The van der Waals surface area contributed by atoms with Crippen molar-refractivity contribution < 1.29 is 4.42 Å². The minimum atomic E-state index is 0.868. The summed E-state index contributed by atoms with van der Waals surface area (Å²) in [6.45, 7) is 0. The Morgan fingerprint density at radius 3 is 1.53 bits per heavy atom. The van der Waals surface area contributed by atoms with Gasteiger partial charge in [-0.1, -0.05) is 176 Å². The summed E-state index contributed by atoms with van der Waals surface area (Å²) in [5, 5.41) is 7.18. The van der Waals surface area contributed by atoms with Gasteiger partial charge in [0.2, 0.25) is 0 Å². The lowest BCUT2D eigenvalue weighted by molar-refractivity contribution is 0.669. The Bertz CT molecular complexity index is 3260. The van der Waals surface area contributed by atoms with Crippen molar-refractivity contribution in [2.45, 2.75) is 0 Å². The lowest BCUT2D eigenvalue weighted by Crippen LogP contribution is -2.10. The molecule has 10 aromatic carbocycles. The second-order valence-electron chi connectivity index (χ2n) is 14.9. The topological polar surface area (TPSA) is 16.4 Å². The number of anilines is 3. The van der Waals surface area contributed by atoms with Crippen LogP contribution in [-0.4, -0.2) is 0 Å². The first-order valence-electron chi connectivity index (χ1n) is 19.8. The van der Waals surface area contributed by atoms with Gasteiger partial charge in [-0.2, -0.15) is 0 Å².